The van der Waals surface area contributed by atoms with Gasteiger partial charge in [-0.1, -0.05) is 6.42 Å². The van der Waals surface area contributed by atoms with Crippen molar-refractivity contribution >= 4 is 0 Å². The molecule has 2 rings (SSSR count). The molecule has 1 heterocycles. The lowest BCUT2D eigenvalue weighted by Crippen LogP contribution is -2.57. The summed E-state index contributed by atoms with van der Waals surface area (Å²) < 4.78 is 0. The van der Waals surface area contributed by atoms with E-state index in [0.717, 1.165) is 45.2 Å². The second kappa shape index (κ2) is 3.77. The summed E-state index contributed by atoms with van der Waals surface area (Å²) >= 11 is 0. The molecular weight excluding hydrogens is 188 g/mol. The van der Waals surface area contributed by atoms with E-state index in [0.29, 0.717) is 0 Å². The highest BCUT2D eigenvalue weighted by molar-refractivity contribution is 5.16. The Hall–Kier alpha value is -0.590. The molecule has 2 fully saturated rings. The van der Waals surface area contributed by atoms with E-state index in [2.05, 4.69) is 11.4 Å². The van der Waals surface area contributed by atoms with Gasteiger partial charge in [0.05, 0.1) is 17.1 Å². The van der Waals surface area contributed by atoms with Crippen molar-refractivity contribution in [2.24, 2.45) is 11.3 Å². The van der Waals surface area contributed by atoms with Gasteiger partial charge in [0.1, 0.15) is 0 Å². The van der Waals surface area contributed by atoms with Crippen LogP contribution in [0.1, 0.15) is 39.0 Å². The van der Waals surface area contributed by atoms with Gasteiger partial charge in [-0.05, 0) is 39.2 Å². The van der Waals surface area contributed by atoms with Crippen LogP contribution in [0, 0.1) is 22.7 Å². The van der Waals surface area contributed by atoms with E-state index in [1.54, 1.807) is 0 Å². The van der Waals surface area contributed by atoms with Gasteiger partial charge < -0.3 is 10.4 Å². The van der Waals surface area contributed by atoms with E-state index in [1.807, 2.05) is 6.92 Å². The number of nitrogens with zero attached hydrogens (tertiary/aromatic N) is 1. The van der Waals surface area contributed by atoms with Crippen molar-refractivity contribution in [2.45, 2.75) is 44.6 Å². The van der Waals surface area contributed by atoms with E-state index < -0.39 is 11.0 Å². The Morgan fingerprint density at radius 3 is 2.60 bits per heavy atom. The van der Waals surface area contributed by atoms with Gasteiger partial charge in [0.25, 0.3) is 0 Å². The zero-order valence-electron chi connectivity index (χ0n) is 9.42. The Labute approximate surface area is 91.5 Å². The van der Waals surface area contributed by atoms with E-state index in [4.69, 9.17) is 0 Å². The fourth-order valence-electron chi connectivity index (χ4n) is 2.98. The fraction of sp³-hybridized carbons (Fsp3) is 0.917. The molecule has 2 atom stereocenters. The van der Waals surface area contributed by atoms with Crippen LogP contribution in [0.2, 0.25) is 0 Å². The Kier molecular flexibility index (Phi) is 2.74. The molecule has 3 heteroatoms. The predicted octanol–water partition coefficient (Wildman–Crippen LogP) is 1.43. The third kappa shape index (κ3) is 1.56. The Bertz CT molecular complexity index is 270. The van der Waals surface area contributed by atoms with Gasteiger partial charge in [0.15, 0.2) is 0 Å². The molecule has 2 N–H and O–H groups in total. The van der Waals surface area contributed by atoms with Crippen molar-refractivity contribution in [1.82, 2.24) is 5.32 Å². The quantitative estimate of drug-likeness (QED) is 0.722. The molecule has 0 aromatic carbocycles. The number of aliphatic hydroxyl groups is 1. The summed E-state index contributed by atoms with van der Waals surface area (Å²) in [4.78, 5) is 0. The van der Waals surface area contributed by atoms with Crippen molar-refractivity contribution < 1.29 is 5.11 Å². The van der Waals surface area contributed by atoms with Crippen molar-refractivity contribution in [3.63, 3.8) is 0 Å². The van der Waals surface area contributed by atoms with Crippen LogP contribution >= 0.6 is 0 Å². The topological polar surface area (TPSA) is 56.0 Å². The number of piperidine rings is 1. The summed E-state index contributed by atoms with van der Waals surface area (Å²) in [5, 5.41) is 23.2. The first kappa shape index (κ1) is 10.9. The molecule has 0 aromatic heterocycles. The van der Waals surface area contributed by atoms with E-state index in [-0.39, 0.29) is 5.92 Å². The summed E-state index contributed by atoms with van der Waals surface area (Å²) in [6.45, 7) is 3.77. The van der Waals surface area contributed by atoms with Crippen LogP contribution < -0.4 is 5.32 Å². The Balaban J connectivity index is 2.13. The minimum absolute atomic E-state index is 0.242. The van der Waals surface area contributed by atoms with Crippen molar-refractivity contribution in [3.8, 4) is 6.07 Å². The van der Waals surface area contributed by atoms with Crippen molar-refractivity contribution in [1.29, 1.82) is 5.26 Å². The van der Waals surface area contributed by atoms with Crippen LogP contribution in [0.4, 0.5) is 0 Å². The first-order valence-electron chi connectivity index (χ1n) is 5.97. The lowest BCUT2D eigenvalue weighted by Gasteiger charge is -2.51. The summed E-state index contributed by atoms with van der Waals surface area (Å²) in [7, 11) is 0. The standard InChI is InChI=1S/C12H20N2O/c1-11(15,10-4-2-7-14-8-10)12(9-13)5-3-6-12/h10,14-15H,2-8H2,1H3. The van der Waals surface area contributed by atoms with Gasteiger partial charge in [-0.25, -0.2) is 0 Å². The fourth-order valence-corrected chi connectivity index (χ4v) is 2.98. The SMILES string of the molecule is CC(O)(C1CCCNC1)C1(C#N)CCC1. The lowest BCUT2D eigenvalue weighted by molar-refractivity contribution is -0.125. The van der Waals surface area contributed by atoms with Crippen molar-refractivity contribution in [3.05, 3.63) is 0 Å². The molecule has 2 aliphatic rings. The summed E-state index contributed by atoms with van der Waals surface area (Å²) in [5.74, 6) is 0.242. The Morgan fingerprint density at radius 1 is 1.47 bits per heavy atom. The highest BCUT2D eigenvalue weighted by atomic mass is 16.3. The van der Waals surface area contributed by atoms with Crippen molar-refractivity contribution in [2.75, 3.05) is 13.1 Å². The van der Waals surface area contributed by atoms with E-state index in [1.165, 1.54) is 0 Å². The third-order valence-corrected chi connectivity index (χ3v) is 4.48. The zero-order valence-corrected chi connectivity index (χ0v) is 9.42. The minimum Gasteiger partial charge on any atom is -0.388 e. The van der Waals surface area contributed by atoms with Crippen LogP contribution in [0.5, 0.6) is 0 Å². The van der Waals surface area contributed by atoms with Crippen LogP contribution in [0.15, 0.2) is 0 Å². The number of hydrogen-bond donors (Lipinski definition) is 2. The lowest BCUT2D eigenvalue weighted by atomic mass is 9.55. The molecule has 1 aliphatic heterocycles. The van der Waals surface area contributed by atoms with E-state index >= 15 is 0 Å². The number of hydrogen-bond acceptors (Lipinski definition) is 3. The van der Waals surface area contributed by atoms with Gasteiger partial charge >= 0.3 is 0 Å². The highest BCUT2D eigenvalue weighted by Gasteiger charge is 2.55. The van der Waals surface area contributed by atoms with Gasteiger partial charge in [0.2, 0.25) is 0 Å². The maximum absolute atomic E-state index is 10.6. The summed E-state index contributed by atoms with van der Waals surface area (Å²) in [6.07, 6.45) is 4.98. The average Bonchev–Trinajstić information content (AvgIpc) is 2.18. The molecule has 2 unspecified atom stereocenters. The Morgan fingerprint density at radius 2 is 2.20 bits per heavy atom. The molecular formula is C12H20N2O. The van der Waals surface area contributed by atoms with Crippen LogP contribution in [-0.2, 0) is 0 Å². The molecule has 0 radical (unpaired) electrons. The van der Waals surface area contributed by atoms with Crippen LogP contribution in [0.25, 0.3) is 0 Å². The van der Waals surface area contributed by atoms with E-state index in [9.17, 15) is 10.4 Å². The normalized spacial score (nSPS) is 33.5. The second-order valence-electron chi connectivity index (χ2n) is 5.24. The molecule has 0 amide bonds. The molecule has 0 aromatic rings. The highest BCUT2D eigenvalue weighted by Crippen LogP contribution is 2.52. The molecule has 0 bridgehead atoms. The summed E-state index contributed by atoms with van der Waals surface area (Å²) in [5.41, 5.74) is -1.27. The first-order chi connectivity index (χ1) is 7.12. The van der Waals surface area contributed by atoms with Gasteiger partial charge in [0, 0.05) is 12.5 Å². The third-order valence-electron chi connectivity index (χ3n) is 4.48. The number of rotatable bonds is 2. The maximum atomic E-state index is 10.6. The number of nitriles is 1. The largest absolute Gasteiger partial charge is 0.388 e. The van der Waals surface area contributed by atoms with Crippen LogP contribution in [-0.4, -0.2) is 23.8 Å². The first-order valence-corrected chi connectivity index (χ1v) is 5.97. The monoisotopic (exact) mass is 208 g/mol. The van der Waals surface area contributed by atoms with Gasteiger partial charge in [-0.15, -0.1) is 0 Å². The second-order valence-corrected chi connectivity index (χ2v) is 5.24. The summed E-state index contributed by atoms with van der Waals surface area (Å²) in [6, 6.07) is 2.37. The zero-order chi connectivity index (χ0) is 10.9. The molecule has 1 saturated heterocycles. The average molecular weight is 208 g/mol. The molecule has 84 valence electrons. The molecule has 3 nitrogen and oxygen atoms in total. The smallest absolute Gasteiger partial charge is 0.0860 e. The number of nitrogens with one attached hydrogen (secondary N) is 1. The molecule has 0 spiro atoms. The van der Waals surface area contributed by atoms with Gasteiger partial charge in [-0.2, -0.15) is 5.26 Å². The molecule has 15 heavy (non-hydrogen) atoms. The molecule has 1 aliphatic carbocycles. The van der Waals surface area contributed by atoms with Gasteiger partial charge in [-0.3, -0.25) is 0 Å². The minimum atomic E-state index is -0.812. The maximum Gasteiger partial charge on any atom is 0.0860 e. The predicted molar refractivity (Wildman–Crippen MR) is 58.1 cm³/mol. The molecule has 1 saturated carbocycles. The van der Waals surface area contributed by atoms with Crippen LogP contribution in [0.3, 0.4) is 0 Å².